The number of carbonyl (C=O) groups excluding carboxylic acids is 1. The van der Waals surface area contributed by atoms with Gasteiger partial charge in [0.05, 0.1) is 12.3 Å². The average molecular weight is 316 g/mol. The Morgan fingerprint density at radius 3 is 2.73 bits per heavy atom. The topological polar surface area (TPSA) is 106 Å². The molecule has 0 spiro atoms. The summed E-state index contributed by atoms with van der Waals surface area (Å²) in [5.74, 6) is 4.76. The lowest BCUT2D eigenvalue weighted by Gasteiger charge is -2.09. The van der Waals surface area contributed by atoms with Gasteiger partial charge in [0, 0.05) is 12.6 Å². The summed E-state index contributed by atoms with van der Waals surface area (Å²) in [7, 11) is 1.54. The van der Waals surface area contributed by atoms with Gasteiger partial charge in [-0.15, -0.1) is 10.2 Å². The zero-order chi connectivity index (χ0) is 15.9. The highest BCUT2D eigenvalue weighted by molar-refractivity contribution is 7.14. The smallest absolute Gasteiger partial charge is 0.273 e. The van der Waals surface area contributed by atoms with Crippen molar-refractivity contribution in [3.05, 3.63) is 35.3 Å². The van der Waals surface area contributed by atoms with Crippen LogP contribution in [0.2, 0.25) is 0 Å². The number of hydrazone groups is 1. The predicted octanol–water partition coefficient (Wildman–Crippen LogP) is 1.40. The Hall–Kier alpha value is -2.61. The molecular formula is C14H16N6OS. The van der Waals surface area contributed by atoms with E-state index in [4.69, 9.17) is 5.84 Å². The first-order chi connectivity index (χ1) is 10.7. The van der Waals surface area contributed by atoms with Gasteiger partial charge in [0.2, 0.25) is 0 Å². The zero-order valence-corrected chi connectivity index (χ0v) is 13.0. The van der Waals surface area contributed by atoms with E-state index >= 15 is 0 Å². The molecule has 1 heterocycles. The summed E-state index contributed by atoms with van der Waals surface area (Å²) in [6, 6.07) is 9.45. The van der Waals surface area contributed by atoms with Gasteiger partial charge in [0.15, 0.2) is 5.71 Å². The third-order valence-corrected chi connectivity index (χ3v) is 3.96. The molecule has 0 fully saturated rings. The Labute approximate surface area is 132 Å². The fourth-order valence-electron chi connectivity index (χ4n) is 1.71. The van der Waals surface area contributed by atoms with E-state index in [-0.39, 0.29) is 11.8 Å². The number of hydrogen-bond donors (Lipinski definition) is 2. The van der Waals surface area contributed by atoms with Crippen LogP contribution >= 0.6 is 11.3 Å². The Bertz CT molecular complexity index is 694. The largest absolute Gasteiger partial charge is 0.342 e. The molecule has 1 aromatic carbocycles. The molecule has 2 aromatic rings. The van der Waals surface area contributed by atoms with Crippen LogP contribution in [-0.2, 0) is 4.79 Å². The second-order valence-corrected chi connectivity index (χ2v) is 5.42. The summed E-state index contributed by atoms with van der Waals surface area (Å²) in [4.78, 5) is 15.7. The van der Waals surface area contributed by atoms with Crippen LogP contribution < -0.4 is 11.2 Å². The van der Waals surface area contributed by atoms with Gasteiger partial charge < -0.3 is 11.2 Å². The number of nitrogens with zero attached hydrogens (tertiary/aromatic N) is 4. The molecular weight excluding hydrogens is 300 g/mol. The highest BCUT2D eigenvalue weighted by atomic mass is 32.1. The zero-order valence-electron chi connectivity index (χ0n) is 12.2. The van der Waals surface area contributed by atoms with Crippen LogP contribution in [0.4, 0.5) is 0 Å². The Morgan fingerprint density at radius 1 is 1.36 bits per heavy atom. The van der Waals surface area contributed by atoms with E-state index in [1.165, 1.54) is 17.6 Å². The number of aromatic nitrogens is 2. The molecule has 2 rings (SSSR count). The maximum Gasteiger partial charge on any atom is 0.273 e. The van der Waals surface area contributed by atoms with Gasteiger partial charge in [0.25, 0.3) is 5.91 Å². The van der Waals surface area contributed by atoms with Crippen molar-refractivity contribution in [2.75, 3.05) is 7.05 Å². The molecule has 114 valence electrons. The summed E-state index contributed by atoms with van der Waals surface area (Å²) in [6.45, 7) is 1.82. The first-order valence-electron chi connectivity index (χ1n) is 6.55. The molecule has 7 nitrogen and oxygen atoms in total. The van der Waals surface area contributed by atoms with Gasteiger partial charge >= 0.3 is 0 Å². The van der Waals surface area contributed by atoms with Crippen LogP contribution in [0.3, 0.4) is 0 Å². The fraction of sp³-hybridized carbons (Fsp3) is 0.214. The molecule has 0 aliphatic carbocycles. The quantitative estimate of drug-likeness (QED) is 0.494. The molecule has 0 aliphatic heterocycles. The second-order valence-electron chi connectivity index (χ2n) is 4.41. The van der Waals surface area contributed by atoms with E-state index < -0.39 is 5.91 Å². The molecule has 1 unspecified atom stereocenters. The number of nitrogens with one attached hydrogen (secondary N) is 1. The number of carbonyl (C=O) groups is 1. The molecule has 22 heavy (non-hydrogen) atoms. The van der Waals surface area contributed by atoms with Gasteiger partial charge in [-0.3, -0.25) is 9.79 Å². The summed E-state index contributed by atoms with van der Waals surface area (Å²) in [6.07, 6.45) is 1.30. The van der Waals surface area contributed by atoms with E-state index in [2.05, 4.69) is 25.6 Å². The highest BCUT2D eigenvalue weighted by Crippen LogP contribution is 2.26. The Morgan fingerprint density at radius 2 is 2.09 bits per heavy atom. The van der Waals surface area contributed by atoms with Crippen LogP contribution in [-0.4, -0.2) is 35.1 Å². The number of hydrogen-bond acceptors (Lipinski definition) is 7. The van der Waals surface area contributed by atoms with E-state index in [0.29, 0.717) is 5.01 Å². The van der Waals surface area contributed by atoms with Crippen LogP contribution in [0.25, 0.3) is 10.6 Å². The third kappa shape index (κ3) is 3.73. The van der Waals surface area contributed by atoms with Gasteiger partial charge in [-0.2, -0.15) is 5.10 Å². The van der Waals surface area contributed by atoms with E-state index in [1.807, 2.05) is 37.3 Å². The van der Waals surface area contributed by atoms with E-state index in [0.717, 1.165) is 10.6 Å². The lowest BCUT2D eigenvalue weighted by molar-refractivity contribution is -0.115. The summed E-state index contributed by atoms with van der Waals surface area (Å²) in [5, 5.41) is 16.0. The summed E-state index contributed by atoms with van der Waals surface area (Å²) >= 11 is 1.43. The maximum atomic E-state index is 12.0. The van der Waals surface area contributed by atoms with Crippen LogP contribution in [0.15, 0.2) is 40.4 Å². The van der Waals surface area contributed by atoms with Gasteiger partial charge in [-0.1, -0.05) is 41.7 Å². The molecule has 1 atom stereocenters. The maximum absolute atomic E-state index is 12.0. The number of benzene rings is 1. The number of rotatable bonds is 5. The van der Waals surface area contributed by atoms with Crippen LogP contribution in [0.1, 0.15) is 18.0 Å². The molecule has 0 radical (unpaired) electrons. The normalized spacial score (nSPS) is 13.3. The summed E-state index contributed by atoms with van der Waals surface area (Å²) in [5.41, 5.74) is 1.05. The van der Waals surface area contributed by atoms with Crippen molar-refractivity contribution < 1.29 is 4.79 Å². The highest BCUT2D eigenvalue weighted by Gasteiger charge is 2.17. The van der Waals surface area contributed by atoms with Gasteiger partial charge in [-0.05, 0) is 6.92 Å². The minimum absolute atomic E-state index is 0.0575. The van der Waals surface area contributed by atoms with E-state index in [9.17, 15) is 4.79 Å². The molecule has 1 amide bonds. The van der Waals surface area contributed by atoms with Gasteiger partial charge in [0.1, 0.15) is 10.0 Å². The predicted molar refractivity (Wildman–Crippen MR) is 87.9 cm³/mol. The molecule has 3 N–H and O–H groups in total. The Kier molecular flexibility index (Phi) is 5.31. The molecule has 0 bridgehead atoms. The molecule has 0 saturated heterocycles. The van der Waals surface area contributed by atoms with Crippen molar-refractivity contribution >= 4 is 29.2 Å². The van der Waals surface area contributed by atoms with Crippen molar-refractivity contribution in [2.45, 2.75) is 13.0 Å². The van der Waals surface area contributed by atoms with Crippen molar-refractivity contribution in [3.8, 4) is 10.6 Å². The molecule has 0 saturated carbocycles. The first-order valence-corrected chi connectivity index (χ1v) is 7.37. The lowest BCUT2D eigenvalue weighted by atomic mass is 10.2. The molecule has 1 aromatic heterocycles. The lowest BCUT2D eigenvalue weighted by Crippen LogP contribution is -2.34. The standard InChI is InChI=1S/C14H16N6OS/c1-9(17-12(21)11(18-15)8-16-2)13-19-20-14(22-13)10-6-4-3-5-7-10/h3-9H,15H2,1-2H3,(H,17,21)/b16-8?,18-11+. The molecule has 0 aliphatic rings. The first kappa shape index (κ1) is 15.8. The van der Waals surface area contributed by atoms with Crippen molar-refractivity contribution in [1.82, 2.24) is 15.5 Å². The van der Waals surface area contributed by atoms with Crippen molar-refractivity contribution in [2.24, 2.45) is 15.9 Å². The Balaban J connectivity index is 2.09. The minimum atomic E-state index is -0.405. The second kappa shape index (κ2) is 7.41. The molecule has 8 heteroatoms. The third-order valence-electron chi connectivity index (χ3n) is 2.80. The van der Waals surface area contributed by atoms with Crippen molar-refractivity contribution in [3.63, 3.8) is 0 Å². The summed E-state index contributed by atoms with van der Waals surface area (Å²) < 4.78 is 0. The van der Waals surface area contributed by atoms with E-state index in [1.54, 1.807) is 7.05 Å². The van der Waals surface area contributed by atoms with Crippen molar-refractivity contribution in [1.29, 1.82) is 0 Å². The van der Waals surface area contributed by atoms with Crippen LogP contribution in [0.5, 0.6) is 0 Å². The fourth-order valence-corrected chi connectivity index (χ4v) is 2.56. The number of aliphatic imine (C=N–C) groups is 1. The van der Waals surface area contributed by atoms with Gasteiger partial charge in [-0.25, -0.2) is 0 Å². The number of nitrogens with two attached hydrogens (primary N) is 1. The monoisotopic (exact) mass is 316 g/mol. The SMILES string of the molecule is CN=C/C(=N\N)C(=O)NC(C)c1nnc(-c2ccccc2)s1. The minimum Gasteiger partial charge on any atom is -0.342 e. The average Bonchev–Trinajstić information content (AvgIpc) is 3.03. The van der Waals surface area contributed by atoms with Crippen LogP contribution in [0, 0.1) is 0 Å². The number of amides is 1.